The molecule has 1 rings (SSSR count). The zero-order valence-electron chi connectivity index (χ0n) is 9.76. The summed E-state index contributed by atoms with van der Waals surface area (Å²) in [4.78, 5) is 10.5. The van der Waals surface area contributed by atoms with E-state index < -0.39 is 17.7 Å². The second-order valence-corrected chi connectivity index (χ2v) is 4.51. The van der Waals surface area contributed by atoms with Crippen LogP contribution >= 0.6 is 11.6 Å². The van der Waals surface area contributed by atoms with E-state index in [1.54, 1.807) is 0 Å². The second-order valence-electron chi connectivity index (χ2n) is 4.11. The summed E-state index contributed by atoms with van der Waals surface area (Å²) in [5, 5.41) is 0.108. The average Bonchev–Trinajstić information content (AvgIpc) is 2.28. The normalized spacial score (nSPS) is 12.4. The van der Waals surface area contributed by atoms with E-state index in [2.05, 4.69) is 0 Å². The smallest absolute Gasteiger partial charge is 0.217 e. The standard InChI is InChI=1S/C12H15ClF2N2O/c13-8-6-10(15)9(14)5-7(8)11(16)3-1-2-4-12(17)18/h5-6,11H,1-4,16H2,(H2,17,18). The largest absolute Gasteiger partial charge is 0.370 e. The Balaban J connectivity index is 2.58. The molecule has 100 valence electrons. The van der Waals surface area contributed by atoms with Crippen LogP contribution in [-0.4, -0.2) is 5.91 Å². The number of benzene rings is 1. The Hall–Kier alpha value is -1.20. The van der Waals surface area contributed by atoms with Crippen LogP contribution in [0.4, 0.5) is 8.78 Å². The molecule has 1 aromatic rings. The summed E-state index contributed by atoms with van der Waals surface area (Å²) in [7, 11) is 0. The minimum Gasteiger partial charge on any atom is -0.370 e. The molecule has 1 amide bonds. The highest BCUT2D eigenvalue weighted by molar-refractivity contribution is 6.31. The third kappa shape index (κ3) is 4.23. The van der Waals surface area contributed by atoms with Gasteiger partial charge in [0.1, 0.15) is 0 Å². The van der Waals surface area contributed by atoms with Gasteiger partial charge < -0.3 is 11.5 Å². The van der Waals surface area contributed by atoms with Crippen LogP contribution in [0.25, 0.3) is 0 Å². The van der Waals surface area contributed by atoms with Crippen LogP contribution in [0.15, 0.2) is 12.1 Å². The van der Waals surface area contributed by atoms with Crippen molar-refractivity contribution >= 4 is 17.5 Å². The summed E-state index contributed by atoms with van der Waals surface area (Å²) in [6.07, 6.45) is 2.10. The van der Waals surface area contributed by atoms with Crippen LogP contribution in [0.1, 0.15) is 37.3 Å². The molecule has 0 radical (unpaired) electrons. The van der Waals surface area contributed by atoms with Crippen LogP contribution in [0, 0.1) is 11.6 Å². The third-order valence-electron chi connectivity index (χ3n) is 2.63. The van der Waals surface area contributed by atoms with Crippen molar-refractivity contribution in [3.05, 3.63) is 34.4 Å². The number of unbranched alkanes of at least 4 members (excludes halogenated alkanes) is 1. The van der Waals surface area contributed by atoms with Crippen LogP contribution < -0.4 is 11.5 Å². The van der Waals surface area contributed by atoms with Gasteiger partial charge in [-0.25, -0.2) is 8.78 Å². The summed E-state index contributed by atoms with van der Waals surface area (Å²) in [5.74, 6) is -2.33. The van der Waals surface area contributed by atoms with Gasteiger partial charge in [0.05, 0.1) is 0 Å². The lowest BCUT2D eigenvalue weighted by molar-refractivity contribution is -0.118. The molecule has 0 saturated carbocycles. The number of rotatable bonds is 6. The molecule has 0 aliphatic rings. The summed E-state index contributed by atoms with van der Waals surface area (Å²) >= 11 is 5.80. The fourth-order valence-electron chi connectivity index (χ4n) is 1.64. The Morgan fingerprint density at radius 1 is 1.28 bits per heavy atom. The van der Waals surface area contributed by atoms with Gasteiger partial charge in [0, 0.05) is 17.5 Å². The lowest BCUT2D eigenvalue weighted by Gasteiger charge is -2.13. The first-order valence-corrected chi connectivity index (χ1v) is 5.98. The molecular weight excluding hydrogens is 262 g/mol. The second kappa shape index (κ2) is 6.66. The van der Waals surface area contributed by atoms with Crippen LogP contribution in [0.3, 0.4) is 0 Å². The summed E-state index contributed by atoms with van der Waals surface area (Å²) in [5.41, 5.74) is 11.2. The molecule has 0 bridgehead atoms. The molecule has 0 heterocycles. The lowest BCUT2D eigenvalue weighted by atomic mass is 10.0. The van der Waals surface area contributed by atoms with Crippen molar-refractivity contribution in [3.63, 3.8) is 0 Å². The minimum absolute atomic E-state index is 0.108. The van der Waals surface area contributed by atoms with E-state index in [-0.39, 0.29) is 17.4 Å². The van der Waals surface area contributed by atoms with E-state index >= 15 is 0 Å². The molecule has 1 unspecified atom stereocenters. The molecule has 0 spiro atoms. The molecular formula is C12H15ClF2N2O. The molecule has 0 aliphatic carbocycles. The quantitative estimate of drug-likeness (QED) is 0.619. The maximum absolute atomic E-state index is 13.1. The zero-order chi connectivity index (χ0) is 13.7. The molecule has 0 aliphatic heterocycles. The van der Waals surface area contributed by atoms with Crippen molar-refractivity contribution in [2.24, 2.45) is 11.5 Å². The summed E-state index contributed by atoms with van der Waals surface area (Å²) in [6, 6.07) is 1.44. The van der Waals surface area contributed by atoms with Gasteiger partial charge in [-0.05, 0) is 30.5 Å². The first-order chi connectivity index (χ1) is 8.41. The van der Waals surface area contributed by atoms with E-state index in [0.717, 1.165) is 12.1 Å². The van der Waals surface area contributed by atoms with Crippen molar-refractivity contribution in [3.8, 4) is 0 Å². The fraction of sp³-hybridized carbons (Fsp3) is 0.417. The van der Waals surface area contributed by atoms with Crippen molar-refractivity contribution in [2.45, 2.75) is 31.7 Å². The fourth-order valence-corrected chi connectivity index (χ4v) is 1.93. The monoisotopic (exact) mass is 276 g/mol. The van der Waals surface area contributed by atoms with Crippen molar-refractivity contribution in [1.29, 1.82) is 0 Å². The van der Waals surface area contributed by atoms with Gasteiger partial charge >= 0.3 is 0 Å². The van der Waals surface area contributed by atoms with Crippen molar-refractivity contribution in [2.75, 3.05) is 0 Å². The first-order valence-electron chi connectivity index (χ1n) is 5.60. The van der Waals surface area contributed by atoms with E-state index in [1.165, 1.54) is 0 Å². The number of amides is 1. The number of carbonyl (C=O) groups excluding carboxylic acids is 1. The van der Waals surface area contributed by atoms with Crippen molar-refractivity contribution in [1.82, 2.24) is 0 Å². The molecule has 1 aromatic carbocycles. The number of hydrogen-bond acceptors (Lipinski definition) is 2. The van der Waals surface area contributed by atoms with Gasteiger partial charge in [-0.3, -0.25) is 4.79 Å². The highest BCUT2D eigenvalue weighted by Gasteiger charge is 2.14. The predicted octanol–water partition coefficient (Wildman–Crippen LogP) is 2.66. The van der Waals surface area contributed by atoms with Crippen molar-refractivity contribution < 1.29 is 13.6 Å². The Morgan fingerprint density at radius 3 is 2.50 bits per heavy atom. The van der Waals surface area contributed by atoms with Gasteiger partial charge in [-0.1, -0.05) is 18.0 Å². The number of hydrogen-bond donors (Lipinski definition) is 2. The number of primary amides is 1. The molecule has 18 heavy (non-hydrogen) atoms. The summed E-state index contributed by atoms with van der Waals surface area (Å²) in [6.45, 7) is 0. The summed E-state index contributed by atoms with van der Waals surface area (Å²) < 4.78 is 25.9. The molecule has 0 fully saturated rings. The predicted molar refractivity (Wildman–Crippen MR) is 66.0 cm³/mol. The SMILES string of the molecule is NC(=O)CCCCC(N)c1cc(F)c(F)cc1Cl. The highest BCUT2D eigenvalue weighted by Crippen LogP contribution is 2.27. The van der Waals surface area contributed by atoms with Crippen LogP contribution in [0.2, 0.25) is 5.02 Å². The van der Waals surface area contributed by atoms with Gasteiger partial charge in [0.15, 0.2) is 11.6 Å². The molecule has 0 saturated heterocycles. The van der Waals surface area contributed by atoms with Gasteiger partial charge in [-0.15, -0.1) is 0 Å². The van der Waals surface area contributed by atoms with Crippen LogP contribution in [0.5, 0.6) is 0 Å². The number of carbonyl (C=O) groups is 1. The molecule has 1 atom stereocenters. The average molecular weight is 277 g/mol. The van der Waals surface area contributed by atoms with Gasteiger partial charge in [0.25, 0.3) is 0 Å². The van der Waals surface area contributed by atoms with Gasteiger partial charge in [0.2, 0.25) is 5.91 Å². The van der Waals surface area contributed by atoms with E-state index in [0.29, 0.717) is 24.8 Å². The maximum Gasteiger partial charge on any atom is 0.217 e. The molecule has 3 nitrogen and oxygen atoms in total. The van der Waals surface area contributed by atoms with E-state index in [9.17, 15) is 13.6 Å². The van der Waals surface area contributed by atoms with E-state index in [4.69, 9.17) is 23.1 Å². The Kier molecular flexibility index (Phi) is 5.50. The lowest BCUT2D eigenvalue weighted by Crippen LogP contribution is -2.13. The minimum atomic E-state index is -0.996. The Bertz CT molecular complexity index is 440. The van der Waals surface area contributed by atoms with Gasteiger partial charge in [-0.2, -0.15) is 0 Å². The maximum atomic E-state index is 13.1. The zero-order valence-corrected chi connectivity index (χ0v) is 10.5. The van der Waals surface area contributed by atoms with E-state index in [1.807, 2.05) is 0 Å². The molecule has 6 heteroatoms. The highest BCUT2D eigenvalue weighted by atomic mass is 35.5. The number of nitrogens with two attached hydrogens (primary N) is 2. The molecule has 4 N–H and O–H groups in total. The Morgan fingerprint density at radius 2 is 1.89 bits per heavy atom. The topological polar surface area (TPSA) is 69.1 Å². The number of halogens is 3. The molecule has 0 aromatic heterocycles. The van der Waals surface area contributed by atoms with Crippen LogP contribution in [-0.2, 0) is 4.79 Å². The Labute approximate surface area is 109 Å². The first kappa shape index (κ1) is 14.9. The third-order valence-corrected chi connectivity index (χ3v) is 2.95.